The standard InChI is InChI=1S/C17H27N3O2/c18-16-5-4-13-12-14(2-1-3-15(13)17(16)22)20-8-6-19(7-9-20)10-11-21/h4-5,14,21-22H,1-3,6-12,18H2/t14-/m0/s1. The Morgan fingerprint density at radius 2 is 1.95 bits per heavy atom. The van der Waals surface area contributed by atoms with E-state index >= 15 is 0 Å². The van der Waals surface area contributed by atoms with Gasteiger partial charge < -0.3 is 15.9 Å². The van der Waals surface area contributed by atoms with Gasteiger partial charge in [-0.2, -0.15) is 0 Å². The molecule has 0 bridgehead atoms. The first-order valence-electron chi connectivity index (χ1n) is 8.35. The minimum Gasteiger partial charge on any atom is -0.505 e. The number of nitrogens with zero attached hydrogens (tertiary/aromatic N) is 2. The molecule has 0 saturated carbocycles. The maximum atomic E-state index is 10.2. The molecule has 1 aliphatic carbocycles. The molecule has 22 heavy (non-hydrogen) atoms. The smallest absolute Gasteiger partial charge is 0.141 e. The molecule has 0 aromatic heterocycles. The molecule has 0 amide bonds. The first-order valence-corrected chi connectivity index (χ1v) is 8.35. The number of aliphatic hydroxyl groups is 1. The van der Waals surface area contributed by atoms with Crippen molar-refractivity contribution in [2.24, 2.45) is 0 Å². The molecular formula is C17H27N3O2. The molecule has 1 saturated heterocycles. The van der Waals surface area contributed by atoms with Crippen LogP contribution in [-0.2, 0) is 12.8 Å². The Labute approximate surface area is 132 Å². The SMILES string of the molecule is Nc1ccc2c(c1O)CCC[C@H](N1CCN(CCO)CC1)C2. The molecule has 0 spiro atoms. The van der Waals surface area contributed by atoms with E-state index in [2.05, 4.69) is 15.9 Å². The molecule has 1 heterocycles. The van der Waals surface area contributed by atoms with Gasteiger partial charge in [0.2, 0.25) is 0 Å². The lowest BCUT2D eigenvalue weighted by molar-refractivity contribution is 0.0805. The molecule has 3 rings (SSSR count). The molecule has 1 atom stereocenters. The fraction of sp³-hybridized carbons (Fsp3) is 0.647. The summed E-state index contributed by atoms with van der Waals surface area (Å²) in [5.41, 5.74) is 8.64. The lowest BCUT2D eigenvalue weighted by Gasteiger charge is -2.39. The lowest BCUT2D eigenvalue weighted by atomic mass is 9.99. The second-order valence-electron chi connectivity index (χ2n) is 6.49. The Morgan fingerprint density at radius 1 is 1.18 bits per heavy atom. The molecule has 1 fully saturated rings. The lowest BCUT2D eigenvalue weighted by Crippen LogP contribution is -2.51. The fourth-order valence-electron chi connectivity index (χ4n) is 3.84. The van der Waals surface area contributed by atoms with E-state index in [1.807, 2.05) is 6.07 Å². The molecule has 2 aliphatic rings. The Kier molecular flexibility index (Phi) is 4.86. The normalized spacial score (nSPS) is 24.0. The third-order valence-electron chi connectivity index (χ3n) is 5.17. The van der Waals surface area contributed by atoms with Crippen molar-refractivity contribution < 1.29 is 10.2 Å². The van der Waals surface area contributed by atoms with E-state index in [-0.39, 0.29) is 6.61 Å². The van der Waals surface area contributed by atoms with E-state index in [0.29, 0.717) is 17.5 Å². The van der Waals surface area contributed by atoms with Crippen molar-refractivity contribution in [1.29, 1.82) is 0 Å². The second-order valence-corrected chi connectivity index (χ2v) is 6.49. The van der Waals surface area contributed by atoms with Crippen LogP contribution < -0.4 is 5.73 Å². The zero-order valence-electron chi connectivity index (χ0n) is 13.2. The van der Waals surface area contributed by atoms with Crippen LogP contribution in [0.15, 0.2) is 12.1 Å². The maximum Gasteiger partial charge on any atom is 0.141 e. The summed E-state index contributed by atoms with van der Waals surface area (Å²) in [4.78, 5) is 4.91. The maximum absolute atomic E-state index is 10.2. The number of nitrogens with two attached hydrogens (primary N) is 1. The number of hydrogen-bond acceptors (Lipinski definition) is 5. The number of β-amino-alcohol motifs (C(OH)–C–C–N with tert-alkyl or cyclic N) is 1. The van der Waals surface area contributed by atoms with Crippen molar-refractivity contribution in [2.75, 3.05) is 45.1 Å². The first-order chi connectivity index (χ1) is 10.7. The van der Waals surface area contributed by atoms with Crippen molar-refractivity contribution in [2.45, 2.75) is 31.7 Å². The molecule has 0 radical (unpaired) electrons. The molecule has 0 unspecified atom stereocenters. The zero-order chi connectivity index (χ0) is 15.5. The number of rotatable bonds is 3. The van der Waals surface area contributed by atoms with Crippen LogP contribution in [0.5, 0.6) is 5.75 Å². The van der Waals surface area contributed by atoms with Gasteiger partial charge in [-0.3, -0.25) is 9.80 Å². The van der Waals surface area contributed by atoms with E-state index < -0.39 is 0 Å². The largest absolute Gasteiger partial charge is 0.505 e. The Balaban J connectivity index is 1.68. The van der Waals surface area contributed by atoms with Crippen LogP contribution in [0.4, 0.5) is 5.69 Å². The molecule has 1 aromatic rings. The minimum atomic E-state index is 0.248. The third kappa shape index (κ3) is 3.21. The highest BCUT2D eigenvalue weighted by Crippen LogP contribution is 2.33. The number of anilines is 1. The van der Waals surface area contributed by atoms with E-state index in [1.54, 1.807) is 0 Å². The summed E-state index contributed by atoms with van der Waals surface area (Å²) >= 11 is 0. The molecule has 5 heteroatoms. The summed E-state index contributed by atoms with van der Waals surface area (Å²) in [5.74, 6) is 0.297. The number of phenolic OH excluding ortho intramolecular Hbond substituents is 1. The number of nitrogen functional groups attached to an aromatic ring is 1. The van der Waals surface area contributed by atoms with Crippen molar-refractivity contribution in [3.05, 3.63) is 23.3 Å². The van der Waals surface area contributed by atoms with Crippen LogP contribution in [0.25, 0.3) is 0 Å². The van der Waals surface area contributed by atoms with E-state index in [1.165, 1.54) is 12.0 Å². The minimum absolute atomic E-state index is 0.248. The number of aliphatic hydroxyl groups excluding tert-OH is 1. The van der Waals surface area contributed by atoms with Crippen molar-refractivity contribution >= 4 is 5.69 Å². The average Bonchev–Trinajstić information content (AvgIpc) is 2.75. The van der Waals surface area contributed by atoms with E-state index in [4.69, 9.17) is 10.8 Å². The summed E-state index contributed by atoms with van der Waals surface area (Å²) < 4.78 is 0. The molecular weight excluding hydrogens is 278 g/mol. The molecule has 4 N–H and O–H groups in total. The zero-order valence-corrected chi connectivity index (χ0v) is 13.2. The van der Waals surface area contributed by atoms with Gasteiger partial charge in [0, 0.05) is 38.8 Å². The second kappa shape index (κ2) is 6.86. The van der Waals surface area contributed by atoms with Crippen LogP contribution >= 0.6 is 0 Å². The van der Waals surface area contributed by atoms with Crippen LogP contribution in [0.2, 0.25) is 0 Å². The van der Waals surface area contributed by atoms with Gasteiger partial charge in [-0.05, 0) is 42.9 Å². The van der Waals surface area contributed by atoms with Crippen molar-refractivity contribution in [3.63, 3.8) is 0 Å². The van der Waals surface area contributed by atoms with E-state index in [9.17, 15) is 5.11 Å². The quantitative estimate of drug-likeness (QED) is 0.438. The average molecular weight is 305 g/mol. The molecule has 1 aliphatic heterocycles. The number of hydrogen-bond donors (Lipinski definition) is 3. The highest BCUT2D eigenvalue weighted by Gasteiger charge is 2.27. The number of fused-ring (bicyclic) bond motifs is 1. The highest BCUT2D eigenvalue weighted by molar-refractivity contribution is 5.59. The fourth-order valence-corrected chi connectivity index (χ4v) is 3.84. The van der Waals surface area contributed by atoms with Crippen molar-refractivity contribution in [3.8, 4) is 5.75 Å². The van der Waals surface area contributed by atoms with Crippen LogP contribution in [0.1, 0.15) is 24.0 Å². The Hall–Kier alpha value is -1.30. The summed E-state index contributed by atoms with van der Waals surface area (Å²) in [6.45, 7) is 5.25. The third-order valence-corrected chi connectivity index (χ3v) is 5.17. The van der Waals surface area contributed by atoms with Gasteiger partial charge in [0.15, 0.2) is 0 Å². The van der Waals surface area contributed by atoms with Gasteiger partial charge in [-0.15, -0.1) is 0 Å². The Morgan fingerprint density at radius 3 is 2.68 bits per heavy atom. The van der Waals surface area contributed by atoms with Gasteiger partial charge in [-0.1, -0.05) is 6.07 Å². The van der Waals surface area contributed by atoms with Gasteiger partial charge in [0.05, 0.1) is 12.3 Å². The highest BCUT2D eigenvalue weighted by atomic mass is 16.3. The number of piperazine rings is 1. The Bertz CT molecular complexity index is 513. The molecule has 5 nitrogen and oxygen atoms in total. The molecule has 1 aromatic carbocycles. The van der Waals surface area contributed by atoms with E-state index in [0.717, 1.165) is 57.5 Å². The van der Waals surface area contributed by atoms with Gasteiger partial charge >= 0.3 is 0 Å². The van der Waals surface area contributed by atoms with Crippen LogP contribution in [-0.4, -0.2) is 65.4 Å². The van der Waals surface area contributed by atoms with Crippen LogP contribution in [0, 0.1) is 0 Å². The first kappa shape index (κ1) is 15.6. The summed E-state index contributed by atoms with van der Waals surface area (Å²) in [6, 6.07) is 4.47. The summed E-state index contributed by atoms with van der Waals surface area (Å²) in [5, 5.41) is 19.2. The number of benzene rings is 1. The monoisotopic (exact) mass is 305 g/mol. The number of aromatic hydroxyl groups is 1. The van der Waals surface area contributed by atoms with Gasteiger partial charge in [0.1, 0.15) is 5.75 Å². The predicted molar refractivity (Wildman–Crippen MR) is 88.0 cm³/mol. The number of phenols is 1. The van der Waals surface area contributed by atoms with Gasteiger partial charge in [0.25, 0.3) is 0 Å². The van der Waals surface area contributed by atoms with Crippen LogP contribution in [0.3, 0.4) is 0 Å². The predicted octanol–water partition coefficient (Wildman–Crippen LogP) is 0.832. The summed E-state index contributed by atoms with van der Waals surface area (Å²) in [6.07, 6.45) is 4.20. The topological polar surface area (TPSA) is 73.0 Å². The van der Waals surface area contributed by atoms with Crippen molar-refractivity contribution in [1.82, 2.24) is 9.80 Å². The van der Waals surface area contributed by atoms with Gasteiger partial charge in [-0.25, -0.2) is 0 Å². The molecule has 122 valence electrons. The summed E-state index contributed by atoms with van der Waals surface area (Å²) in [7, 11) is 0.